The molecule has 0 radical (unpaired) electrons. The van der Waals surface area contributed by atoms with E-state index in [0.29, 0.717) is 0 Å². The first-order valence-corrected chi connectivity index (χ1v) is 0. The molecule has 0 spiro atoms. The summed E-state index contributed by atoms with van der Waals surface area (Å²) in [5, 5.41) is 0. The van der Waals surface area contributed by atoms with Crippen LogP contribution in [0.25, 0.3) is 0 Å². The smallest absolute Gasteiger partial charge is 0.114 e. The van der Waals surface area contributed by atoms with E-state index in [2.05, 4.69) is 0 Å². The standard InChI is InChI=1S/4BrH.4ClH/h8*1H. The lowest BCUT2D eigenvalue weighted by Gasteiger charge is -0.148. The van der Waals surface area contributed by atoms with Gasteiger partial charge in [0.05, 0.1) is 0 Å². The average molecular weight is 469 g/mol. The molecule has 0 rings (SSSR count). The van der Waals surface area contributed by atoms with Crippen LogP contribution in [0.15, 0.2) is 0 Å². The van der Waals surface area contributed by atoms with Crippen LogP contribution in [0.5, 0.6) is 0 Å². The number of halogens is 8. The zero-order valence-electron chi connectivity index (χ0n) is 3.27. The van der Waals surface area contributed by atoms with E-state index in [1.165, 1.54) is 0 Å². The minimum absolute atomic E-state index is 0. The summed E-state index contributed by atoms with van der Waals surface area (Å²) < 4.78 is 0. The SMILES string of the molecule is Br.Br.Br.Br.Cl.Cl.Cl.Cl. The maximum atomic E-state index is 0. The van der Waals surface area contributed by atoms with Crippen molar-refractivity contribution in [3.8, 4) is 0 Å². The van der Waals surface area contributed by atoms with Crippen LogP contribution >= 0.6 is 118 Å². The molecule has 0 aromatic rings. The van der Waals surface area contributed by atoms with E-state index in [-0.39, 0.29) is 118 Å². The minimum Gasteiger partial charge on any atom is -0.147 e. The average Bonchev–Trinajstić information content (AvgIpc) is 0. The lowest BCUT2D eigenvalue weighted by atomic mass is 35.5. The Bertz CT molecular complexity index is 8.00. The predicted molar refractivity (Wildman–Crippen MR) is 70.3 cm³/mol. The second-order valence-electron chi connectivity index (χ2n) is 0. The van der Waals surface area contributed by atoms with Crippen molar-refractivity contribution in [3.63, 3.8) is 0 Å². The van der Waals surface area contributed by atoms with E-state index >= 15 is 0 Å². The van der Waals surface area contributed by atoms with Gasteiger partial charge in [-0.1, -0.05) is 0 Å². The van der Waals surface area contributed by atoms with Gasteiger partial charge in [0.25, 0.3) is 0 Å². The van der Waals surface area contributed by atoms with Gasteiger partial charge in [-0.2, -0.15) is 0 Å². The highest BCUT2D eigenvalue weighted by molar-refractivity contribution is 8.93. The number of rotatable bonds is 0. The van der Waals surface area contributed by atoms with Gasteiger partial charge in [0.2, 0.25) is 0 Å². The van der Waals surface area contributed by atoms with Crippen LogP contribution in [-0.2, 0) is 0 Å². The third kappa shape index (κ3) is 62.5. The van der Waals surface area contributed by atoms with E-state index in [1.807, 2.05) is 0 Å². The quantitative estimate of drug-likeness (QED) is 0.503. The third-order valence-electron chi connectivity index (χ3n) is 0. The van der Waals surface area contributed by atoms with Gasteiger partial charge in [-0.05, 0) is 0 Å². The molecule has 0 aliphatic carbocycles. The topological polar surface area (TPSA) is 0 Å². The summed E-state index contributed by atoms with van der Waals surface area (Å²) in [5.41, 5.74) is 0. The first kappa shape index (κ1) is 119. The lowest BCUT2D eigenvalue weighted by Crippen LogP contribution is 0.689. The Morgan fingerprint density at radius 3 is 0.250 bits per heavy atom. The van der Waals surface area contributed by atoms with Crippen LogP contribution in [0.1, 0.15) is 0 Å². The largest absolute Gasteiger partial charge is 0.147 e. The molecule has 0 nitrogen and oxygen atoms in total. The molecular formula is H8Br4Cl4. The molecule has 0 saturated carbocycles. The van der Waals surface area contributed by atoms with Crippen LogP contribution in [0, 0.1) is 0 Å². The van der Waals surface area contributed by atoms with Crippen LogP contribution < -0.4 is 0 Å². The molecular weight excluding hydrogens is 461 g/mol. The summed E-state index contributed by atoms with van der Waals surface area (Å²) in [6.45, 7) is 0. The van der Waals surface area contributed by atoms with Crippen LogP contribution in [0.4, 0.5) is 0 Å². The van der Waals surface area contributed by atoms with Gasteiger partial charge in [-0.25, -0.2) is 0 Å². The zero-order chi connectivity index (χ0) is 0. The first-order valence-electron chi connectivity index (χ1n) is 0. The molecule has 0 aliphatic heterocycles. The minimum atomic E-state index is 0. The van der Waals surface area contributed by atoms with Crippen LogP contribution in [0.3, 0.4) is 0 Å². The Balaban J connectivity index is 0. The van der Waals surface area contributed by atoms with Gasteiger partial charge in [0.1, 0.15) is 0 Å². The van der Waals surface area contributed by atoms with E-state index in [0.717, 1.165) is 0 Å². The molecule has 0 amide bonds. The normalized spacial score (nSPS) is 0. The van der Waals surface area contributed by atoms with E-state index in [4.69, 9.17) is 0 Å². The fourth-order valence-corrected chi connectivity index (χ4v) is 0. The number of hydrogen-bond donors (Lipinski definition) is 0. The second-order valence-corrected chi connectivity index (χ2v) is 0. The monoisotopic (exact) mass is 464 g/mol. The van der Waals surface area contributed by atoms with E-state index in [9.17, 15) is 0 Å². The van der Waals surface area contributed by atoms with Crippen molar-refractivity contribution in [2.45, 2.75) is 0 Å². The molecule has 8 heteroatoms. The molecule has 0 unspecified atom stereocenters. The lowest BCUT2D eigenvalue weighted by molar-refractivity contribution is 5.85. The van der Waals surface area contributed by atoms with Crippen molar-refractivity contribution in [2.24, 2.45) is 0 Å². The van der Waals surface area contributed by atoms with Gasteiger partial charge in [0.15, 0.2) is 0 Å². The van der Waals surface area contributed by atoms with Gasteiger partial charge in [-0.3, -0.25) is 0 Å². The van der Waals surface area contributed by atoms with Crippen molar-refractivity contribution in [3.05, 3.63) is 0 Å². The maximum absolute atomic E-state index is 0. The van der Waals surface area contributed by atoms with Crippen LogP contribution in [-0.4, -0.2) is 0 Å². The molecule has 64 valence electrons. The molecule has 0 aromatic carbocycles. The molecule has 0 heterocycles. The highest BCUT2D eigenvalue weighted by Crippen LogP contribution is 0.849. The summed E-state index contributed by atoms with van der Waals surface area (Å²) >= 11 is 0. The molecule has 0 fully saturated rings. The van der Waals surface area contributed by atoms with E-state index in [1.54, 1.807) is 0 Å². The molecule has 0 aliphatic rings. The predicted octanol–water partition coefficient (Wildman–Crippen LogP) is 4.00. The summed E-state index contributed by atoms with van der Waals surface area (Å²) in [7, 11) is 0. The third-order valence-corrected chi connectivity index (χ3v) is 0. The van der Waals surface area contributed by atoms with Gasteiger partial charge >= 0.3 is 0 Å². The van der Waals surface area contributed by atoms with Crippen molar-refractivity contribution >= 4 is 118 Å². The van der Waals surface area contributed by atoms with Crippen molar-refractivity contribution in [1.82, 2.24) is 0 Å². The van der Waals surface area contributed by atoms with Gasteiger partial charge in [0, 0.05) is 0 Å². The first-order chi connectivity index (χ1) is 0. The summed E-state index contributed by atoms with van der Waals surface area (Å²) in [6, 6.07) is 0. The highest BCUT2D eigenvalue weighted by atomic mass is 79.9. The molecule has 0 N–H and O–H groups in total. The van der Waals surface area contributed by atoms with Gasteiger partial charge < -0.3 is 0 Å². The Labute approximate surface area is 116 Å². The second kappa shape index (κ2) is 87.6. The Morgan fingerprint density at radius 2 is 0.250 bits per heavy atom. The Kier molecular flexibility index (Phi) is 1300. The Hall–Kier alpha value is 3.08. The van der Waals surface area contributed by atoms with Gasteiger partial charge in [-0.15, -0.1) is 118 Å². The van der Waals surface area contributed by atoms with E-state index < -0.39 is 0 Å². The molecule has 8 heavy (non-hydrogen) atoms. The van der Waals surface area contributed by atoms with Crippen molar-refractivity contribution in [1.29, 1.82) is 0 Å². The fourth-order valence-electron chi connectivity index (χ4n) is 0. The summed E-state index contributed by atoms with van der Waals surface area (Å²) in [6.07, 6.45) is 0. The summed E-state index contributed by atoms with van der Waals surface area (Å²) in [5.74, 6) is 0. The van der Waals surface area contributed by atoms with Crippen molar-refractivity contribution in [2.75, 3.05) is 0 Å². The van der Waals surface area contributed by atoms with Crippen LogP contribution in [0.2, 0.25) is 0 Å². The molecule has 0 bridgehead atoms. The zero-order valence-corrected chi connectivity index (χ0v) is 13.4. The maximum Gasteiger partial charge on any atom is -0.114 e. The molecule has 0 saturated heterocycles. The molecule has 0 aromatic heterocycles. The fraction of sp³-hybridized carbons (Fsp3) is 0. The summed E-state index contributed by atoms with van der Waals surface area (Å²) in [4.78, 5) is 0. The Morgan fingerprint density at radius 1 is 0.250 bits per heavy atom. The highest BCUT2D eigenvalue weighted by Gasteiger charge is -0.110. The number of hydrogen-bond acceptors (Lipinski definition) is 0. The molecule has 0 atom stereocenters. The van der Waals surface area contributed by atoms with Crippen molar-refractivity contribution < 1.29 is 0 Å².